The van der Waals surface area contributed by atoms with Crippen molar-refractivity contribution in [1.29, 1.82) is 0 Å². The Morgan fingerprint density at radius 1 is 1.03 bits per heavy atom. The number of rotatable bonds is 8. The van der Waals surface area contributed by atoms with E-state index in [9.17, 15) is 9.59 Å². The number of hydrogen-bond acceptors (Lipinski definition) is 4. The van der Waals surface area contributed by atoms with Crippen LogP contribution >= 0.6 is 0 Å². The first-order valence-corrected chi connectivity index (χ1v) is 10.5. The highest BCUT2D eigenvalue weighted by molar-refractivity contribution is 5.95. The van der Waals surface area contributed by atoms with Gasteiger partial charge in [-0.3, -0.25) is 9.59 Å². The van der Waals surface area contributed by atoms with Crippen molar-refractivity contribution in [2.75, 3.05) is 32.9 Å². The molecule has 2 aromatic rings. The van der Waals surface area contributed by atoms with Crippen LogP contribution in [-0.4, -0.2) is 49.6 Å². The minimum absolute atomic E-state index is 0.0184. The Balaban J connectivity index is 1.67. The van der Waals surface area contributed by atoms with Gasteiger partial charge in [-0.05, 0) is 35.7 Å². The molecule has 2 amide bonds. The summed E-state index contributed by atoms with van der Waals surface area (Å²) in [5, 5.41) is 3.03. The molecule has 1 saturated heterocycles. The van der Waals surface area contributed by atoms with Crippen LogP contribution in [0.1, 0.15) is 42.2 Å². The van der Waals surface area contributed by atoms with E-state index in [1.807, 2.05) is 30.3 Å². The molecule has 1 unspecified atom stereocenters. The maximum atomic E-state index is 12.9. The number of benzene rings is 2. The highest BCUT2D eigenvalue weighted by Crippen LogP contribution is 2.20. The summed E-state index contributed by atoms with van der Waals surface area (Å²) in [5.41, 5.74) is 1.44. The SMILES string of the molecule is CC(C)COc1ccc(C(=O)NC(CC(=O)N2CCOCC2)c2ccccc2)cc1. The van der Waals surface area contributed by atoms with Crippen molar-refractivity contribution in [3.05, 3.63) is 65.7 Å². The van der Waals surface area contributed by atoms with Gasteiger partial charge in [0.05, 0.1) is 32.3 Å². The van der Waals surface area contributed by atoms with Crippen LogP contribution in [0.5, 0.6) is 5.75 Å². The normalized spacial score (nSPS) is 15.0. The van der Waals surface area contributed by atoms with Crippen LogP contribution < -0.4 is 10.1 Å². The summed E-state index contributed by atoms with van der Waals surface area (Å²) < 4.78 is 11.0. The van der Waals surface area contributed by atoms with E-state index < -0.39 is 6.04 Å². The largest absolute Gasteiger partial charge is 0.493 e. The fourth-order valence-electron chi connectivity index (χ4n) is 3.26. The first-order valence-electron chi connectivity index (χ1n) is 10.5. The van der Waals surface area contributed by atoms with Crippen LogP contribution in [0.2, 0.25) is 0 Å². The summed E-state index contributed by atoms with van der Waals surface area (Å²) in [6, 6.07) is 16.3. The van der Waals surface area contributed by atoms with E-state index in [2.05, 4.69) is 19.2 Å². The van der Waals surface area contributed by atoms with Gasteiger partial charge in [-0.15, -0.1) is 0 Å². The van der Waals surface area contributed by atoms with Crippen molar-refractivity contribution < 1.29 is 19.1 Å². The first-order chi connectivity index (χ1) is 14.5. The average Bonchev–Trinajstić information content (AvgIpc) is 2.78. The lowest BCUT2D eigenvalue weighted by atomic mass is 10.0. The second-order valence-corrected chi connectivity index (χ2v) is 7.86. The minimum atomic E-state index is -0.397. The maximum absolute atomic E-state index is 12.9. The van der Waals surface area contributed by atoms with E-state index in [0.29, 0.717) is 44.4 Å². The number of carbonyl (C=O) groups excluding carboxylic acids is 2. The Labute approximate surface area is 178 Å². The summed E-state index contributed by atoms with van der Waals surface area (Å²) in [7, 11) is 0. The van der Waals surface area contributed by atoms with Crippen LogP contribution in [0.3, 0.4) is 0 Å². The topological polar surface area (TPSA) is 67.9 Å². The third-order valence-electron chi connectivity index (χ3n) is 4.95. The molecular weight excluding hydrogens is 380 g/mol. The summed E-state index contributed by atoms with van der Waals surface area (Å²) >= 11 is 0. The highest BCUT2D eigenvalue weighted by Gasteiger charge is 2.24. The van der Waals surface area contributed by atoms with Crippen LogP contribution in [0.25, 0.3) is 0 Å². The van der Waals surface area contributed by atoms with Gasteiger partial charge in [0.1, 0.15) is 5.75 Å². The third kappa shape index (κ3) is 6.32. The number of morpholine rings is 1. The molecule has 1 heterocycles. The minimum Gasteiger partial charge on any atom is -0.493 e. The molecule has 1 aliphatic rings. The third-order valence-corrected chi connectivity index (χ3v) is 4.95. The molecule has 6 heteroatoms. The van der Waals surface area contributed by atoms with E-state index >= 15 is 0 Å². The van der Waals surface area contributed by atoms with E-state index in [4.69, 9.17) is 9.47 Å². The molecule has 6 nitrogen and oxygen atoms in total. The van der Waals surface area contributed by atoms with Gasteiger partial charge < -0.3 is 19.7 Å². The van der Waals surface area contributed by atoms with Crippen LogP contribution in [-0.2, 0) is 9.53 Å². The van der Waals surface area contributed by atoms with Gasteiger partial charge in [0.15, 0.2) is 0 Å². The van der Waals surface area contributed by atoms with Gasteiger partial charge in [0.25, 0.3) is 5.91 Å². The molecule has 0 spiro atoms. The number of nitrogens with one attached hydrogen (secondary N) is 1. The van der Waals surface area contributed by atoms with Gasteiger partial charge in [-0.1, -0.05) is 44.2 Å². The standard InChI is InChI=1S/C24H30N2O4/c1-18(2)17-30-21-10-8-20(9-11-21)24(28)25-22(19-6-4-3-5-7-19)16-23(27)26-12-14-29-15-13-26/h3-11,18,22H,12-17H2,1-2H3,(H,25,28). The van der Waals surface area contributed by atoms with E-state index in [1.54, 1.807) is 29.2 Å². The van der Waals surface area contributed by atoms with E-state index in [1.165, 1.54) is 0 Å². The smallest absolute Gasteiger partial charge is 0.251 e. The predicted molar refractivity (Wildman–Crippen MR) is 115 cm³/mol. The van der Waals surface area contributed by atoms with Gasteiger partial charge in [-0.2, -0.15) is 0 Å². The molecule has 2 aromatic carbocycles. The molecule has 1 atom stereocenters. The molecule has 0 bridgehead atoms. The number of nitrogens with zero attached hydrogens (tertiary/aromatic N) is 1. The second-order valence-electron chi connectivity index (χ2n) is 7.86. The maximum Gasteiger partial charge on any atom is 0.251 e. The Kier molecular flexibility index (Phi) is 7.85. The molecule has 1 N–H and O–H groups in total. The molecule has 30 heavy (non-hydrogen) atoms. The molecule has 160 valence electrons. The van der Waals surface area contributed by atoms with Crippen molar-refractivity contribution in [3.8, 4) is 5.75 Å². The lowest BCUT2D eigenvalue weighted by Gasteiger charge is -2.29. The van der Waals surface area contributed by atoms with Crippen LogP contribution in [0.15, 0.2) is 54.6 Å². The summed E-state index contributed by atoms with van der Waals surface area (Å²) in [5.74, 6) is 0.977. The molecule has 1 fully saturated rings. The number of ether oxygens (including phenoxy) is 2. The van der Waals surface area contributed by atoms with Gasteiger partial charge in [-0.25, -0.2) is 0 Å². The Morgan fingerprint density at radius 2 is 1.70 bits per heavy atom. The number of amides is 2. The zero-order chi connectivity index (χ0) is 21.3. The van der Waals surface area contributed by atoms with Crippen molar-refractivity contribution >= 4 is 11.8 Å². The van der Waals surface area contributed by atoms with E-state index in [-0.39, 0.29) is 18.2 Å². The van der Waals surface area contributed by atoms with Crippen molar-refractivity contribution in [3.63, 3.8) is 0 Å². The lowest BCUT2D eigenvalue weighted by molar-refractivity contribution is -0.135. The number of carbonyl (C=O) groups is 2. The fraction of sp³-hybridized carbons (Fsp3) is 0.417. The Hall–Kier alpha value is -2.86. The second kappa shape index (κ2) is 10.8. The monoisotopic (exact) mass is 410 g/mol. The van der Waals surface area contributed by atoms with Crippen LogP contribution in [0.4, 0.5) is 0 Å². The zero-order valence-corrected chi connectivity index (χ0v) is 17.7. The molecule has 1 aliphatic heterocycles. The molecular formula is C24H30N2O4. The molecule has 0 saturated carbocycles. The highest BCUT2D eigenvalue weighted by atomic mass is 16.5. The predicted octanol–water partition coefficient (Wildman–Crippen LogP) is 3.44. The van der Waals surface area contributed by atoms with Crippen molar-refractivity contribution in [1.82, 2.24) is 10.2 Å². The molecule has 0 aliphatic carbocycles. The Morgan fingerprint density at radius 3 is 2.33 bits per heavy atom. The molecule has 3 rings (SSSR count). The first kappa shape index (κ1) is 21.8. The van der Waals surface area contributed by atoms with Crippen molar-refractivity contribution in [2.45, 2.75) is 26.3 Å². The summed E-state index contributed by atoms with van der Waals surface area (Å²) in [4.78, 5) is 27.4. The van der Waals surface area contributed by atoms with Crippen molar-refractivity contribution in [2.24, 2.45) is 5.92 Å². The zero-order valence-electron chi connectivity index (χ0n) is 17.7. The average molecular weight is 411 g/mol. The van der Waals surface area contributed by atoms with Gasteiger partial charge >= 0.3 is 0 Å². The summed E-state index contributed by atoms with van der Waals surface area (Å²) in [6.07, 6.45) is 0.214. The fourth-order valence-corrected chi connectivity index (χ4v) is 3.26. The van der Waals surface area contributed by atoms with Gasteiger partial charge in [0.2, 0.25) is 5.91 Å². The quantitative estimate of drug-likeness (QED) is 0.724. The van der Waals surface area contributed by atoms with Gasteiger partial charge in [0, 0.05) is 18.7 Å². The van der Waals surface area contributed by atoms with E-state index in [0.717, 1.165) is 11.3 Å². The summed E-state index contributed by atoms with van der Waals surface area (Å²) in [6.45, 7) is 7.09. The number of hydrogen-bond donors (Lipinski definition) is 1. The molecule has 0 aromatic heterocycles. The van der Waals surface area contributed by atoms with Crippen LogP contribution in [0, 0.1) is 5.92 Å². The lowest BCUT2D eigenvalue weighted by Crippen LogP contribution is -2.42. The Bertz CT molecular complexity index is 815. The molecule has 0 radical (unpaired) electrons.